The first kappa shape index (κ1) is 14.7. The largest absolute Gasteiger partial charge is 0.491 e. The average Bonchev–Trinajstić information content (AvgIpc) is 2.80. The molecule has 0 saturated heterocycles. The molecule has 0 amide bonds. The van der Waals surface area contributed by atoms with Crippen LogP contribution in [0, 0.1) is 0 Å². The van der Waals surface area contributed by atoms with Crippen LogP contribution in [0.25, 0.3) is 0 Å². The van der Waals surface area contributed by atoms with Gasteiger partial charge in [-0.05, 0) is 19.1 Å². The molecule has 2 rings (SSSR count). The molecule has 1 heterocycles. The van der Waals surface area contributed by atoms with E-state index in [-0.39, 0.29) is 16.3 Å². The molecule has 2 aromatic rings. The van der Waals surface area contributed by atoms with E-state index in [4.69, 9.17) is 32.7 Å². The van der Waals surface area contributed by atoms with Crippen LogP contribution in [0.15, 0.2) is 24.4 Å². The van der Waals surface area contributed by atoms with Crippen LogP contribution < -0.4 is 9.47 Å². The second-order valence-electron chi connectivity index (χ2n) is 3.85. The zero-order chi connectivity index (χ0) is 14.7. The molecule has 0 fully saturated rings. The highest BCUT2D eigenvalue weighted by molar-refractivity contribution is 6.39. The van der Waals surface area contributed by atoms with Crippen molar-refractivity contribution in [3.63, 3.8) is 0 Å². The first-order valence-corrected chi connectivity index (χ1v) is 6.61. The summed E-state index contributed by atoms with van der Waals surface area (Å²) in [5.74, 6) is -0.00881. The zero-order valence-corrected chi connectivity index (χ0v) is 12.4. The standard InChI is InChI=1S/C13H12Cl2N2O3/c1-3-19-12-9(14)5-4-8(11(12)15)13(18)20-10-6-7-16-17(10)2/h4-7H,3H2,1-2H3. The third-order valence-corrected chi connectivity index (χ3v) is 3.20. The minimum atomic E-state index is -0.601. The Morgan fingerprint density at radius 2 is 2.10 bits per heavy atom. The molecule has 0 radical (unpaired) electrons. The Labute approximate surface area is 126 Å². The molecular weight excluding hydrogens is 303 g/mol. The molecule has 0 aliphatic rings. The summed E-state index contributed by atoms with van der Waals surface area (Å²) in [6.07, 6.45) is 1.53. The normalized spacial score (nSPS) is 10.4. The number of benzene rings is 1. The van der Waals surface area contributed by atoms with Crippen molar-refractivity contribution in [3.8, 4) is 11.6 Å². The molecule has 0 spiro atoms. The van der Waals surface area contributed by atoms with Gasteiger partial charge in [0.05, 0.1) is 28.4 Å². The number of halogens is 2. The fourth-order valence-corrected chi connectivity index (χ4v) is 2.14. The van der Waals surface area contributed by atoms with Crippen molar-refractivity contribution in [1.82, 2.24) is 9.78 Å². The van der Waals surface area contributed by atoms with Crippen LogP contribution in [0.5, 0.6) is 11.6 Å². The monoisotopic (exact) mass is 314 g/mol. The van der Waals surface area contributed by atoms with Crippen LogP contribution in [-0.4, -0.2) is 22.4 Å². The third-order valence-electron chi connectivity index (χ3n) is 2.53. The van der Waals surface area contributed by atoms with Gasteiger partial charge in [0.15, 0.2) is 5.75 Å². The van der Waals surface area contributed by atoms with Crippen molar-refractivity contribution < 1.29 is 14.3 Å². The van der Waals surface area contributed by atoms with Gasteiger partial charge < -0.3 is 9.47 Å². The minimum Gasteiger partial charge on any atom is -0.491 e. The van der Waals surface area contributed by atoms with Crippen molar-refractivity contribution in [2.45, 2.75) is 6.92 Å². The van der Waals surface area contributed by atoms with Gasteiger partial charge in [-0.15, -0.1) is 0 Å². The molecule has 0 bridgehead atoms. The summed E-state index contributed by atoms with van der Waals surface area (Å²) in [6.45, 7) is 2.19. The number of ether oxygens (including phenoxy) is 2. The van der Waals surface area contributed by atoms with Crippen LogP contribution >= 0.6 is 23.2 Å². The van der Waals surface area contributed by atoms with Gasteiger partial charge in [0.25, 0.3) is 0 Å². The maximum absolute atomic E-state index is 12.1. The SMILES string of the molecule is CCOc1c(Cl)ccc(C(=O)Oc2ccnn2C)c1Cl. The maximum atomic E-state index is 12.1. The van der Waals surface area contributed by atoms with Crippen molar-refractivity contribution in [2.75, 3.05) is 6.61 Å². The second-order valence-corrected chi connectivity index (χ2v) is 4.64. The van der Waals surface area contributed by atoms with Gasteiger partial charge in [0, 0.05) is 13.1 Å². The molecule has 7 heteroatoms. The van der Waals surface area contributed by atoms with E-state index < -0.39 is 5.97 Å². The van der Waals surface area contributed by atoms with E-state index in [2.05, 4.69) is 5.10 Å². The van der Waals surface area contributed by atoms with E-state index in [1.165, 1.54) is 23.0 Å². The Kier molecular flexibility index (Phi) is 4.52. The number of aromatic nitrogens is 2. The van der Waals surface area contributed by atoms with Crippen LogP contribution in [0.1, 0.15) is 17.3 Å². The molecule has 5 nitrogen and oxygen atoms in total. The van der Waals surface area contributed by atoms with Crippen LogP contribution in [-0.2, 0) is 7.05 Å². The number of carbonyl (C=O) groups is 1. The summed E-state index contributed by atoms with van der Waals surface area (Å²) >= 11 is 12.1. The van der Waals surface area contributed by atoms with Gasteiger partial charge in [-0.25, -0.2) is 9.48 Å². The average molecular weight is 315 g/mol. The molecule has 1 aromatic carbocycles. The first-order chi connectivity index (χ1) is 9.54. The predicted molar refractivity (Wildman–Crippen MR) is 75.8 cm³/mol. The molecule has 0 atom stereocenters. The smallest absolute Gasteiger partial charge is 0.346 e. The number of hydrogen-bond donors (Lipinski definition) is 0. The van der Waals surface area contributed by atoms with E-state index in [9.17, 15) is 4.79 Å². The van der Waals surface area contributed by atoms with Crippen LogP contribution in [0.4, 0.5) is 0 Å². The fourth-order valence-electron chi connectivity index (χ4n) is 1.58. The van der Waals surface area contributed by atoms with E-state index in [1.54, 1.807) is 20.0 Å². The Morgan fingerprint density at radius 3 is 2.70 bits per heavy atom. The molecular formula is C13H12Cl2N2O3. The molecule has 0 unspecified atom stereocenters. The summed E-state index contributed by atoms with van der Waals surface area (Å²) in [6, 6.07) is 4.61. The Morgan fingerprint density at radius 1 is 1.35 bits per heavy atom. The lowest BCUT2D eigenvalue weighted by Crippen LogP contribution is -2.12. The van der Waals surface area contributed by atoms with E-state index in [0.717, 1.165) is 0 Å². The maximum Gasteiger partial charge on any atom is 0.346 e. The number of hydrogen-bond acceptors (Lipinski definition) is 4. The predicted octanol–water partition coefficient (Wildman–Crippen LogP) is 3.34. The van der Waals surface area contributed by atoms with Crippen LogP contribution in [0.3, 0.4) is 0 Å². The molecule has 0 saturated carbocycles. The lowest BCUT2D eigenvalue weighted by atomic mass is 10.2. The first-order valence-electron chi connectivity index (χ1n) is 5.85. The second kappa shape index (κ2) is 6.15. The third kappa shape index (κ3) is 2.89. The van der Waals surface area contributed by atoms with Gasteiger partial charge in [0.1, 0.15) is 0 Å². The van der Waals surface area contributed by atoms with Gasteiger partial charge in [-0.3, -0.25) is 0 Å². The van der Waals surface area contributed by atoms with Crippen molar-refractivity contribution in [1.29, 1.82) is 0 Å². The summed E-state index contributed by atoms with van der Waals surface area (Å²) in [7, 11) is 1.66. The van der Waals surface area contributed by atoms with Gasteiger partial charge in [0.2, 0.25) is 5.88 Å². The molecule has 106 valence electrons. The summed E-state index contributed by atoms with van der Waals surface area (Å²) < 4.78 is 12.0. The van der Waals surface area contributed by atoms with Gasteiger partial charge in [-0.2, -0.15) is 5.10 Å². The zero-order valence-electron chi connectivity index (χ0n) is 10.9. The molecule has 20 heavy (non-hydrogen) atoms. The Bertz CT molecular complexity index is 641. The van der Waals surface area contributed by atoms with Gasteiger partial charge >= 0.3 is 5.97 Å². The van der Waals surface area contributed by atoms with Crippen LogP contribution in [0.2, 0.25) is 10.0 Å². The summed E-state index contributed by atoms with van der Waals surface area (Å²) in [4.78, 5) is 12.1. The van der Waals surface area contributed by atoms with E-state index in [0.29, 0.717) is 17.5 Å². The number of aryl methyl sites for hydroxylation is 1. The Balaban J connectivity index is 2.31. The van der Waals surface area contributed by atoms with E-state index >= 15 is 0 Å². The quantitative estimate of drug-likeness (QED) is 0.812. The number of rotatable bonds is 4. The summed E-state index contributed by atoms with van der Waals surface area (Å²) in [5.41, 5.74) is 0.181. The minimum absolute atomic E-state index is 0.131. The molecule has 1 aromatic heterocycles. The lowest BCUT2D eigenvalue weighted by Gasteiger charge is -2.11. The molecule has 0 N–H and O–H groups in total. The highest BCUT2D eigenvalue weighted by Crippen LogP contribution is 2.36. The number of carbonyl (C=O) groups excluding carboxylic acids is 1. The molecule has 0 aliphatic heterocycles. The van der Waals surface area contributed by atoms with Crippen molar-refractivity contribution in [2.24, 2.45) is 7.05 Å². The number of nitrogens with zero attached hydrogens (tertiary/aromatic N) is 2. The lowest BCUT2D eigenvalue weighted by molar-refractivity contribution is 0.0720. The van der Waals surface area contributed by atoms with Gasteiger partial charge in [-0.1, -0.05) is 23.2 Å². The number of esters is 1. The topological polar surface area (TPSA) is 53.4 Å². The Hall–Kier alpha value is -1.72. The van der Waals surface area contributed by atoms with Crippen molar-refractivity contribution >= 4 is 29.2 Å². The van der Waals surface area contributed by atoms with Crippen molar-refractivity contribution in [3.05, 3.63) is 40.0 Å². The molecule has 0 aliphatic carbocycles. The van der Waals surface area contributed by atoms with E-state index in [1.807, 2.05) is 0 Å². The highest BCUT2D eigenvalue weighted by Gasteiger charge is 2.19. The highest BCUT2D eigenvalue weighted by atomic mass is 35.5. The summed E-state index contributed by atoms with van der Waals surface area (Å²) in [5, 5.41) is 4.38. The fraction of sp³-hybridized carbons (Fsp3) is 0.231.